The fraction of sp³-hybridized carbons (Fsp3) is 0.182. The highest BCUT2D eigenvalue weighted by atomic mass is 35.5. The van der Waals surface area contributed by atoms with Crippen molar-refractivity contribution >= 4 is 22.5 Å². The Bertz CT molecular complexity index is 475. The summed E-state index contributed by atoms with van der Waals surface area (Å²) in [4.78, 5) is 0. The summed E-state index contributed by atoms with van der Waals surface area (Å²) in [6, 6.07) is 6.19. The van der Waals surface area contributed by atoms with E-state index in [-0.39, 0.29) is 0 Å². The van der Waals surface area contributed by atoms with Crippen LogP contribution in [0.1, 0.15) is 5.56 Å². The van der Waals surface area contributed by atoms with Crippen LogP contribution in [-0.4, -0.2) is 16.7 Å². The highest BCUT2D eigenvalue weighted by molar-refractivity contribution is 6.29. The zero-order valence-electron chi connectivity index (χ0n) is 8.26. The van der Waals surface area contributed by atoms with Crippen molar-refractivity contribution in [2.45, 2.75) is 6.54 Å². The van der Waals surface area contributed by atoms with Gasteiger partial charge in [0.15, 0.2) is 0 Å². The highest BCUT2D eigenvalue weighted by Crippen LogP contribution is 2.12. The number of aromatic amines is 1. The predicted octanol–water partition coefficient (Wildman–Crippen LogP) is 2.41. The van der Waals surface area contributed by atoms with E-state index in [1.807, 2.05) is 12.3 Å². The quantitative estimate of drug-likeness (QED) is 0.833. The van der Waals surface area contributed by atoms with Gasteiger partial charge in [0, 0.05) is 23.5 Å². The first-order valence-corrected chi connectivity index (χ1v) is 5.09. The number of fused-ring (bicyclic) bond motifs is 1. The van der Waals surface area contributed by atoms with Gasteiger partial charge >= 0.3 is 0 Å². The molecule has 1 aromatic heterocycles. The summed E-state index contributed by atoms with van der Waals surface area (Å²) in [6.07, 6.45) is 1.81. The molecule has 0 unspecified atom stereocenters. The van der Waals surface area contributed by atoms with Crippen LogP contribution in [0, 0.1) is 0 Å². The largest absolute Gasteiger partial charge is 0.308 e. The van der Waals surface area contributed by atoms with Gasteiger partial charge in [-0.1, -0.05) is 30.3 Å². The number of aromatic nitrogens is 2. The van der Waals surface area contributed by atoms with Crippen LogP contribution in [0.25, 0.3) is 10.9 Å². The molecule has 0 aliphatic heterocycles. The molecule has 0 bridgehead atoms. The van der Waals surface area contributed by atoms with Crippen molar-refractivity contribution in [2.24, 2.45) is 0 Å². The Morgan fingerprint density at radius 1 is 1.53 bits per heavy atom. The van der Waals surface area contributed by atoms with Crippen LogP contribution in [0.2, 0.25) is 0 Å². The van der Waals surface area contributed by atoms with E-state index in [9.17, 15) is 0 Å². The molecule has 2 rings (SSSR count). The van der Waals surface area contributed by atoms with Gasteiger partial charge in [0.05, 0.1) is 11.7 Å². The number of benzene rings is 1. The van der Waals surface area contributed by atoms with E-state index < -0.39 is 0 Å². The van der Waals surface area contributed by atoms with Crippen LogP contribution in [0.5, 0.6) is 0 Å². The maximum atomic E-state index is 5.65. The monoisotopic (exact) mass is 221 g/mol. The summed E-state index contributed by atoms with van der Waals surface area (Å²) in [7, 11) is 0. The summed E-state index contributed by atoms with van der Waals surface area (Å²) < 4.78 is 0. The average molecular weight is 222 g/mol. The number of rotatable bonds is 4. The maximum Gasteiger partial charge on any atom is 0.0653 e. The molecule has 0 saturated heterocycles. The Hall–Kier alpha value is -1.32. The van der Waals surface area contributed by atoms with E-state index in [1.54, 1.807) is 0 Å². The lowest BCUT2D eigenvalue weighted by atomic mass is 10.2. The molecule has 0 amide bonds. The molecule has 0 saturated carbocycles. The van der Waals surface area contributed by atoms with Crippen molar-refractivity contribution in [2.75, 3.05) is 6.54 Å². The second kappa shape index (κ2) is 4.47. The second-order valence-corrected chi connectivity index (χ2v) is 3.95. The van der Waals surface area contributed by atoms with Crippen LogP contribution >= 0.6 is 11.6 Å². The van der Waals surface area contributed by atoms with Crippen molar-refractivity contribution < 1.29 is 0 Å². The van der Waals surface area contributed by atoms with Crippen molar-refractivity contribution in [3.8, 4) is 0 Å². The highest BCUT2D eigenvalue weighted by Gasteiger charge is 1.97. The van der Waals surface area contributed by atoms with Crippen molar-refractivity contribution in [3.05, 3.63) is 41.6 Å². The molecule has 0 aliphatic rings. The minimum Gasteiger partial charge on any atom is -0.308 e. The van der Waals surface area contributed by atoms with Gasteiger partial charge in [-0.15, -0.1) is 0 Å². The summed E-state index contributed by atoms with van der Waals surface area (Å²) >= 11 is 5.65. The molecule has 0 spiro atoms. The standard InChI is InChI=1S/C11H12ClN3/c1-8(12)5-13-6-9-2-3-10-7-14-15-11(10)4-9/h2-4,7,13H,1,5-6H2,(H,14,15). The Morgan fingerprint density at radius 3 is 3.20 bits per heavy atom. The van der Waals surface area contributed by atoms with Gasteiger partial charge in [-0.05, 0) is 11.6 Å². The van der Waals surface area contributed by atoms with E-state index in [0.29, 0.717) is 11.6 Å². The third-order valence-electron chi connectivity index (χ3n) is 2.15. The number of nitrogens with one attached hydrogen (secondary N) is 2. The fourth-order valence-electron chi connectivity index (χ4n) is 1.44. The number of H-pyrrole nitrogens is 1. The first kappa shape index (κ1) is 10.2. The number of hydrogen-bond acceptors (Lipinski definition) is 2. The van der Waals surface area contributed by atoms with Gasteiger partial charge < -0.3 is 5.32 Å². The lowest BCUT2D eigenvalue weighted by Gasteiger charge is -2.03. The van der Waals surface area contributed by atoms with Gasteiger partial charge in [0.2, 0.25) is 0 Å². The van der Waals surface area contributed by atoms with E-state index in [4.69, 9.17) is 11.6 Å². The molecular formula is C11H12ClN3. The van der Waals surface area contributed by atoms with E-state index in [2.05, 4.69) is 34.2 Å². The SMILES string of the molecule is C=C(Cl)CNCc1ccc2cn[nH]c2c1. The van der Waals surface area contributed by atoms with Crippen LogP contribution in [0.4, 0.5) is 0 Å². The van der Waals surface area contributed by atoms with Crippen LogP contribution in [-0.2, 0) is 6.54 Å². The molecule has 0 atom stereocenters. The molecule has 1 heterocycles. The molecule has 0 aliphatic carbocycles. The summed E-state index contributed by atoms with van der Waals surface area (Å²) in [6.45, 7) is 5.02. The minimum atomic E-state index is 0.623. The number of nitrogens with zero attached hydrogens (tertiary/aromatic N) is 1. The molecule has 0 fully saturated rings. The van der Waals surface area contributed by atoms with Gasteiger partial charge in [-0.3, -0.25) is 5.10 Å². The van der Waals surface area contributed by atoms with Crippen LogP contribution in [0.15, 0.2) is 36.0 Å². The lowest BCUT2D eigenvalue weighted by molar-refractivity contribution is 0.755. The topological polar surface area (TPSA) is 40.7 Å². The molecule has 15 heavy (non-hydrogen) atoms. The Morgan fingerprint density at radius 2 is 2.40 bits per heavy atom. The van der Waals surface area contributed by atoms with Gasteiger partial charge in [-0.25, -0.2) is 0 Å². The third-order valence-corrected chi connectivity index (χ3v) is 2.29. The first-order chi connectivity index (χ1) is 7.25. The predicted molar refractivity (Wildman–Crippen MR) is 62.8 cm³/mol. The molecule has 78 valence electrons. The fourth-order valence-corrected chi connectivity index (χ4v) is 1.53. The molecule has 2 N–H and O–H groups in total. The van der Waals surface area contributed by atoms with E-state index in [0.717, 1.165) is 17.4 Å². The van der Waals surface area contributed by atoms with E-state index in [1.165, 1.54) is 5.56 Å². The second-order valence-electron chi connectivity index (χ2n) is 3.41. The third kappa shape index (κ3) is 2.58. The molecular weight excluding hydrogens is 210 g/mol. The minimum absolute atomic E-state index is 0.623. The normalized spacial score (nSPS) is 10.7. The molecule has 2 aromatic rings. The maximum absolute atomic E-state index is 5.65. The summed E-state index contributed by atoms with van der Waals surface area (Å²) in [5.41, 5.74) is 2.25. The summed E-state index contributed by atoms with van der Waals surface area (Å²) in [5.74, 6) is 0. The zero-order valence-corrected chi connectivity index (χ0v) is 9.01. The molecule has 4 heteroatoms. The van der Waals surface area contributed by atoms with Crippen LogP contribution in [0.3, 0.4) is 0 Å². The molecule has 1 aromatic carbocycles. The van der Waals surface area contributed by atoms with Gasteiger partial charge in [0.25, 0.3) is 0 Å². The van der Waals surface area contributed by atoms with Crippen molar-refractivity contribution in [1.29, 1.82) is 0 Å². The van der Waals surface area contributed by atoms with Crippen molar-refractivity contribution in [1.82, 2.24) is 15.5 Å². The average Bonchev–Trinajstić information content (AvgIpc) is 2.64. The Labute approximate surface area is 93.1 Å². The molecule has 3 nitrogen and oxygen atoms in total. The van der Waals surface area contributed by atoms with Crippen molar-refractivity contribution in [3.63, 3.8) is 0 Å². The van der Waals surface area contributed by atoms with Gasteiger partial charge in [0.1, 0.15) is 0 Å². The summed E-state index contributed by atoms with van der Waals surface area (Å²) in [5, 5.41) is 11.8. The van der Waals surface area contributed by atoms with Gasteiger partial charge in [-0.2, -0.15) is 5.10 Å². The Balaban J connectivity index is 2.04. The Kier molecular flexibility index (Phi) is 3.04. The zero-order chi connectivity index (χ0) is 10.7. The molecule has 0 radical (unpaired) electrons. The number of halogens is 1. The first-order valence-electron chi connectivity index (χ1n) is 4.72. The smallest absolute Gasteiger partial charge is 0.0653 e. The lowest BCUT2D eigenvalue weighted by Crippen LogP contribution is -2.14. The number of hydrogen-bond donors (Lipinski definition) is 2. The van der Waals surface area contributed by atoms with E-state index >= 15 is 0 Å². The van der Waals surface area contributed by atoms with Crippen LogP contribution < -0.4 is 5.32 Å².